The van der Waals surface area contributed by atoms with E-state index in [2.05, 4.69) is 58.4 Å². The van der Waals surface area contributed by atoms with Gasteiger partial charge in [0.2, 0.25) is 0 Å². The van der Waals surface area contributed by atoms with Crippen molar-refractivity contribution < 1.29 is 4.74 Å². The van der Waals surface area contributed by atoms with E-state index in [-0.39, 0.29) is 5.41 Å². The SMILES string of the molecule is CCCCOC1CC(NC(=NC)NC2CCN(Cc3ccccn3)CC2)C1(C)C. The molecule has 3 rings (SSSR count). The van der Waals surface area contributed by atoms with Crippen LogP contribution in [0.4, 0.5) is 0 Å². The van der Waals surface area contributed by atoms with Crippen LogP contribution < -0.4 is 10.6 Å². The molecule has 2 N–H and O–H groups in total. The van der Waals surface area contributed by atoms with Crippen LogP contribution >= 0.6 is 0 Å². The average molecular weight is 402 g/mol. The molecule has 6 nitrogen and oxygen atoms in total. The first kappa shape index (κ1) is 22.0. The Balaban J connectivity index is 1.40. The van der Waals surface area contributed by atoms with E-state index in [1.807, 2.05) is 19.3 Å². The fraction of sp³-hybridized carbons (Fsp3) is 0.739. The van der Waals surface area contributed by atoms with Crippen LogP contribution in [-0.2, 0) is 11.3 Å². The average Bonchev–Trinajstić information content (AvgIpc) is 2.73. The minimum atomic E-state index is 0.136. The third-order valence-electron chi connectivity index (χ3n) is 6.57. The van der Waals surface area contributed by atoms with Crippen LogP contribution in [0, 0.1) is 5.41 Å². The monoisotopic (exact) mass is 401 g/mol. The van der Waals surface area contributed by atoms with Gasteiger partial charge in [0.15, 0.2) is 5.96 Å². The molecule has 0 aromatic carbocycles. The van der Waals surface area contributed by atoms with Gasteiger partial charge in [0, 0.05) is 57.0 Å². The summed E-state index contributed by atoms with van der Waals surface area (Å²) in [6.45, 7) is 10.8. The summed E-state index contributed by atoms with van der Waals surface area (Å²) in [5.41, 5.74) is 1.29. The second-order valence-electron chi connectivity index (χ2n) is 9.06. The second kappa shape index (κ2) is 10.4. The van der Waals surface area contributed by atoms with Crippen molar-refractivity contribution in [2.45, 2.75) is 77.6 Å². The van der Waals surface area contributed by atoms with Gasteiger partial charge in [0.25, 0.3) is 0 Å². The lowest BCUT2D eigenvalue weighted by molar-refractivity contribution is -0.113. The molecule has 1 aromatic rings. The van der Waals surface area contributed by atoms with Gasteiger partial charge in [-0.15, -0.1) is 0 Å². The molecular weight excluding hydrogens is 362 g/mol. The van der Waals surface area contributed by atoms with Crippen LogP contribution in [0.1, 0.15) is 58.6 Å². The second-order valence-corrected chi connectivity index (χ2v) is 9.06. The zero-order valence-electron chi connectivity index (χ0n) is 18.7. The van der Waals surface area contributed by atoms with Gasteiger partial charge in [-0.25, -0.2) is 0 Å². The maximum Gasteiger partial charge on any atom is 0.191 e. The smallest absolute Gasteiger partial charge is 0.191 e. The maximum absolute atomic E-state index is 6.08. The van der Waals surface area contributed by atoms with Crippen LogP contribution in [-0.4, -0.2) is 60.8 Å². The molecule has 2 aliphatic rings. The molecule has 1 aliphatic heterocycles. The van der Waals surface area contributed by atoms with E-state index in [9.17, 15) is 0 Å². The molecular formula is C23H39N5O. The first-order chi connectivity index (χ1) is 14.0. The highest BCUT2D eigenvalue weighted by Crippen LogP contribution is 2.42. The molecule has 1 saturated heterocycles. The summed E-state index contributed by atoms with van der Waals surface area (Å²) in [6.07, 6.45) is 7.87. The molecule has 0 amide bonds. The van der Waals surface area contributed by atoms with Crippen LogP contribution in [0.3, 0.4) is 0 Å². The first-order valence-electron chi connectivity index (χ1n) is 11.3. The van der Waals surface area contributed by atoms with Crippen molar-refractivity contribution in [2.24, 2.45) is 10.4 Å². The third-order valence-corrected chi connectivity index (χ3v) is 6.57. The van der Waals surface area contributed by atoms with E-state index in [1.54, 1.807) is 0 Å². The number of unbranched alkanes of at least 4 members (excludes halogenated alkanes) is 1. The summed E-state index contributed by atoms with van der Waals surface area (Å²) >= 11 is 0. The molecule has 1 saturated carbocycles. The largest absolute Gasteiger partial charge is 0.378 e. The number of rotatable bonds is 8. The highest BCUT2D eigenvalue weighted by atomic mass is 16.5. The zero-order chi connectivity index (χ0) is 20.7. The fourth-order valence-corrected chi connectivity index (χ4v) is 4.27. The Hall–Kier alpha value is -1.66. The van der Waals surface area contributed by atoms with Crippen molar-refractivity contribution in [2.75, 3.05) is 26.7 Å². The highest BCUT2D eigenvalue weighted by molar-refractivity contribution is 5.80. The summed E-state index contributed by atoms with van der Waals surface area (Å²) in [4.78, 5) is 11.4. The van der Waals surface area contributed by atoms with Crippen LogP contribution in [0.15, 0.2) is 29.4 Å². The molecule has 0 radical (unpaired) electrons. The van der Waals surface area contributed by atoms with Gasteiger partial charge in [-0.3, -0.25) is 14.9 Å². The van der Waals surface area contributed by atoms with E-state index in [0.717, 1.165) is 63.6 Å². The summed E-state index contributed by atoms with van der Waals surface area (Å²) in [5, 5.41) is 7.30. The van der Waals surface area contributed by atoms with Crippen LogP contribution in [0.2, 0.25) is 0 Å². The molecule has 0 spiro atoms. The summed E-state index contributed by atoms with van der Waals surface area (Å²) in [5.74, 6) is 0.929. The number of ether oxygens (including phenoxy) is 1. The van der Waals surface area contributed by atoms with Crippen molar-refractivity contribution >= 4 is 5.96 Å². The summed E-state index contributed by atoms with van der Waals surface area (Å²) in [7, 11) is 1.87. The Bertz CT molecular complexity index is 640. The number of pyridine rings is 1. The number of piperidine rings is 1. The molecule has 2 heterocycles. The van der Waals surface area contributed by atoms with Gasteiger partial charge in [0.05, 0.1) is 11.8 Å². The third kappa shape index (κ3) is 5.92. The van der Waals surface area contributed by atoms with Crippen molar-refractivity contribution in [3.63, 3.8) is 0 Å². The van der Waals surface area contributed by atoms with Gasteiger partial charge in [-0.05, 0) is 37.8 Å². The van der Waals surface area contributed by atoms with Crippen molar-refractivity contribution in [3.05, 3.63) is 30.1 Å². The Labute approximate surface area is 176 Å². The molecule has 1 aliphatic carbocycles. The lowest BCUT2D eigenvalue weighted by Crippen LogP contribution is -2.64. The Morgan fingerprint density at radius 2 is 2.07 bits per heavy atom. The molecule has 2 atom stereocenters. The van der Waals surface area contributed by atoms with Gasteiger partial charge < -0.3 is 15.4 Å². The number of nitrogens with one attached hydrogen (secondary N) is 2. The quantitative estimate of drug-likeness (QED) is 0.398. The number of hydrogen-bond donors (Lipinski definition) is 2. The van der Waals surface area contributed by atoms with E-state index >= 15 is 0 Å². The number of hydrogen-bond acceptors (Lipinski definition) is 4. The van der Waals surface area contributed by atoms with Crippen molar-refractivity contribution in [3.8, 4) is 0 Å². The van der Waals surface area contributed by atoms with Gasteiger partial charge in [-0.2, -0.15) is 0 Å². The van der Waals surface area contributed by atoms with Gasteiger partial charge in [-0.1, -0.05) is 33.3 Å². The van der Waals surface area contributed by atoms with Crippen LogP contribution in [0.5, 0.6) is 0 Å². The predicted octanol–water partition coefficient (Wildman–Crippen LogP) is 3.19. The molecule has 6 heteroatoms. The number of likely N-dealkylation sites (tertiary alicyclic amines) is 1. The number of aromatic nitrogens is 1. The fourth-order valence-electron chi connectivity index (χ4n) is 4.27. The zero-order valence-corrected chi connectivity index (χ0v) is 18.7. The molecule has 2 unspecified atom stereocenters. The molecule has 0 bridgehead atoms. The first-order valence-corrected chi connectivity index (χ1v) is 11.3. The maximum atomic E-state index is 6.08. The molecule has 1 aromatic heterocycles. The lowest BCUT2D eigenvalue weighted by atomic mass is 9.64. The van der Waals surface area contributed by atoms with E-state index < -0.39 is 0 Å². The van der Waals surface area contributed by atoms with Gasteiger partial charge >= 0.3 is 0 Å². The molecule has 2 fully saturated rings. The lowest BCUT2D eigenvalue weighted by Gasteiger charge is -2.52. The van der Waals surface area contributed by atoms with E-state index in [0.29, 0.717) is 18.2 Å². The minimum Gasteiger partial charge on any atom is -0.378 e. The van der Waals surface area contributed by atoms with E-state index in [4.69, 9.17) is 4.74 Å². The standard InChI is InChI=1S/C23H39N5O/c1-5-6-15-29-21-16-20(23(21,2)3)27-22(24-4)26-18-10-13-28(14-11-18)17-19-9-7-8-12-25-19/h7-9,12,18,20-21H,5-6,10-11,13-17H2,1-4H3,(H2,24,26,27). The normalized spacial score (nSPS) is 25.4. The minimum absolute atomic E-state index is 0.136. The Morgan fingerprint density at radius 3 is 2.69 bits per heavy atom. The highest BCUT2D eigenvalue weighted by Gasteiger charge is 2.49. The molecule has 29 heavy (non-hydrogen) atoms. The number of guanidine groups is 1. The Morgan fingerprint density at radius 1 is 1.28 bits per heavy atom. The summed E-state index contributed by atoms with van der Waals surface area (Å²) < 4.78 is 6.08. The van der Waals surface area contributed by atoms with Crippen molar-refractivity contribution in [1.29, 1.82) is 0 Å². The Kier molecular flexibility index (Phi) is 7.90. The van der Waals surface area contributed by atoms with Crippen LogP contribution in [0.25, 0.3) is 0 Å². The number of nitrogens with zero attached hydrogens (tertiary/aromatic N) is 3. The molecule has 162 valence electrons. The predicted molar refractivity (Wildman–Crippen MR) is 119 cm³/mol. The topological polar surface area (TPSA) is 61.8 Å². The van der Waals surface area contributed by atoms with E-state index in [1.165, 1.54) is 6.42 Å². The summed E-state index contributed by atoms with van der Waals surface area (Å²) in [6, 6.07) is 7.02. The van der Waals surface area contributed by atoms with Crippen molar-refractivity contribution in [1.82, 2.24) is 20.5 Å². The number of aliphatic imine (C=N–C) groups is 1. The van der Waals surface area contributed by atoms with Gasteiger partial charge in [0.1, 0.15) is 0 Å².